The largest absolute Gasteiger partial charge is 0.481 e. The summed E-state index contributed by atoms with van der Waals surface area (Å²) in [6.45, 7) is 4.42. The third kappa shape index (κ3) is 4.57. The van der Waals surface area contributed by atoms with Crippen LogP contribution in [0.4, 0.5) is 4.79 Å². The van der Waals surface area contributed by atoms with Crippen molar-refractivity contribution in [1.82, 2.24) is 10.2 Å². The van der Waals surface area contributed by atoms with Crippen LogP contribution in [0.3, 0.4) is 0 Å². The average molecular weight is 300 g/mol. The van der Waals surface area contributed by atoms with Crippen LogP contribution in [0.25, 0.3) is 0 Å². The van der Waals surface area contributed by atoms with Crippen LogP contribution < -0.4 is 5.32 Å². The zero-order valence-electron chi connectivity index (χ0n) is 12.4. The van der Waals surface area contributed by atoms with E-state index in [1.165, 1.54) is 17.7 Å². The topological polar surface area (TPSA) is 88.1 Å². The van der Waals surface area contributed by atoms with E-state index in [1.807, 2.05) is 6.92 Å². The Morgan fingerprint density at radius 1 is 1.38 bits per heavy atom. The van der Waals surface area contributed by atoms with Gasteiger partial charge in [-0.05, 0) is 25.7 Å². The predicted molar refractivity (Wildman–Crippen MR) is 75.1 cm³/mol. The Morgan fingerprint density at radius 2 is 2.14 bits per heavy atom. The van der Waals surface area contributed by atoms with Gasteiger partial charge in [-0.15, -0.1) is 0 Å². The zero-order chi connectivity index (χ0) is 15.2. The number of rotatable bonds is 8. The summed E-state index contributed by atoms with van der Waals surface area (Å²) in [5, 5.41) is 11.9. The van der Waals surface area contributed by atoms with Crippen LogP contribution in [0.5, 0.6) is 0 Å². The zero-order valence-corrected chi connectivity index (χ0v) is 12.4. The molecule has 0 bridgehead atoms. The molecule has 0 aromatic carbocycles. The first-order valence-electron chi connectivity index (χ1n) is 7.56. The third-order valence-electron chi connectivity index (χ3n) is 3.94. The van der Waals surface area contributed by atoms with Gasteiger partial charge in [0.1, 0.15) is 5.92 Å². The number of carbonyl (C=O) groups is 2. The van der Waals surface area contributed by atoms with E-state index in [-0.39, 0.29) is 19.2 Å². The second-order valence-electron chi connectivity index (χ2n) is 5.59. The lowest BCUT2D eigenvalue weighted by molar-refractivity contribution is -0.142. The van der Waals surface area contributed by atoms with Gasteiger partial charge in [0, 0.05) is 19.7 Å². The van der Waals surface area contributed by atoms with Gasteiger partial charge in [0.05, 0.1) is 25.9 Å². The summed E-state index contributed by atoms with van der Waals surface area (Å²) in [6.07, 6.45) is 2.49. The maximum Gasteiger partial charge on any atom is 0.317 e. The highest BCUT2D eigenvalue weighted by atomic mass is 16.5. The Labute approximate surface area is 124 Å². The van der Waals surface area contributed by atoms with Crippen LogP contribution in [0.1, 0.15) is 19.8 Å². The van der Waals surface area contributed by atoms with Crippen LogP contribution in [-0.2, 0) is 14.3 Å². The highest BCUT2D eigenvalue weighted by molar-refractivity contribution is 5.77. The van der Waals surface area contributed by atoms with E-state index < -0.39 is 17.9 Å². The normalized spacial score (nSPS) is 24.8. The summed E-state index contributed by atoms with van der Waals surface area (Å²) in [6, 6.07) is -0.658. The maximum atomic E-state index is 12.1. The molecule has 2 rings (SSSR count). The average Bonchev–Trinajstić information content (AvgIpc) is 3.14. The summed E-state index contributed by atoms with van der Waals surface area (Å²) in [7, 11) is 0. The fourth-order valence-corrected chi connectivity index (χ4v) is 2.48. The molecule has 120 valence electrons. The number of urea groups is 1. The maximum absolute atomic E-state index is 12.1. The molecule has 0 aromatic heterocycles. The molecule has 2 unspecified atom stereocenters. The van der Waals surface area contributed by atoms with E-state index in [0.717, 1.165) is 6.61 Å². The summed E-state index contributed by atoms with van der Waals surface area (Å²) in [4.78, 5) is 24.8. The molecule has 2 N–H and O–H groups in total. The van der Waals surface area contributed by atoms with Gasteiger partial charge in [0.15, 0.2) is 0 Å². The van der Waals surface area contributed by atoms with Crippen LogP contribution in [0.2, 0.25) is 0 Å². The molecule has 7 nitrogen and oxygen atoms in total. The minimum atomic E-state index is -0.920. The number of ether oxygens (including phenoxy) is 2. The SMILES string of the molecule is CCN(C(=O)NCCOCC1CC1)C1COCC1C(=O)O. The quantitative estimate of drug-likeness (QED) is 0.639. The Kier molecular flexibility index (Phi) is 5.81. The molecule has 7 heteroatoms. The van der Waals surface area contributed by atoms with E-state index in [4.69, 9.17) is 14.6 Å². The van der Waals surface area contributed by atoms with Crippen LogP contribution in [0.15, 0.2) is 0 Å². The molecule has 2 atom stereocenters. The van der Waals surface area contributed by atoms with Crippen molar-refractivity contribution in [3.05, 3.63) is 0 Å². The van der Waals surface area contributed by atoms with Crippen LogP contribution >= 0.6 is 0 Å². The summed E-state index contributed by atoms with van der Waals surface area (Å²) in [5.41, 5.74) is 0. The summed E-state index contributed by atoms with van der Waals surface area (Å²) < 4.78 is 10.7. The third-order valence-corrected chi connectivity index (χ3v) is 3.94. The molecule has 1 saturated heterocycles. The monoisotopic (exact) mass is 300 g/mol. The minimum Gasteiger partial charge on any atom is -0.481 e. The van der Waals surface area contributed by atoms with Crippen molar-refractivity contribution >= 4 is 12.0 Å². The van der Waals surface area contributed by atoms with E-state index in [0.29, 0.717) is 25.6 Å². The van der Waals surface area contributed by atoms with Gasteiger partial charge < -0.3 is 24.8 Å². The van der Waals surface area contributed by atoms with E-state index in [9.17, 15) is 9.59 Å². The molecule has 1 saturated carbocycles. The van der Waals surface area contributed by atoms with Crippen molar-refractivity contribution in [2.24, 2.45) is 11.8 Å². The lowest BCUT2D eigenvalue weighted by atomic mass is 10.0. The molecule has 1 aliphatic heterocycles. The van der Waals surface area contributed by atoms with Crippen molar-refractivity contribution in [1.29, 1.82) is 0 Å². The fourth-order valence-electron chi connectivity index (χ4n) is 2.48. The molecular formula is C14H24N2O5. The molecule has 0 radical (unpaired) electrons. The van der Waals surface area contributed by atoms with Gasteiger partial charge in [0.2, 0.25) is 0 Å². The molecule has 0 spiro atoms. The Hall–Kier alpha value is -1.34. The first-order chi connectivity index (χ1) is 10.1. The number of carboxylic acid groups (broad SMARTS) is 1. The Morgan fingerprint density at radius 3 is 2.76 bits per heavy atom. The number of aliphatic carboxylic acids is 1. The number of nitrogens with one attached hydrogen (secondary N) is 1. The van der Waals surface area contributed by atoms with Crippen molar-refractivity contribution in [2.45, 2.75) is 25.8 Å². The summed E-state index contributed by atoms with van der Waals surface area (Å²) in [5.74, 6) is -0.863. The molecular weight excluding hydrogens is 276 g/mol. The van der Waals surface area contributed by atoms with Crippen molar-refractivity contribution in [2.75, 3.05) is 39.5 Å². The van der Waals surface area contributed by atoms with Gasteiger partial charge in [-0.1, -0.05) is 0 Å². The molecule has 0 aromatic rings. The van der Waals surface area contributed by atoms with Crippen LogP contribution in [0, 0.1) is 11.8 Å². The van der Waals surface area contributed by atoms with Gasteiger partial charge >= 0.3 is 12.0 Å². The molecule has 1 aliphatic carbocycles. The molecule has 1 heterocycles. The van der Waals surface area contributed by atoms with E-state index >= 15 is 0 Å². The number of hydrogen-bond acceptors (Lipinski definition) is 4. The first kappa shape index (κ1) is 16.0. The van der Waals surface area contributed by atoms with E-state index in [1.54, 1.807) is 0 Å². The predicted octanol–water partition coefficient (Wildman–Crippen LogP) is 0.544. The number of carboxylic acids is 1. The van der Waals surface area contributed by atoms with Crippen LogP contribution in [-0.4, -0.2) is 67.6 Å². The fraction of sp³-hybridized carbons (Fsp3) is 0.857. The van der Waals surface area contributed by atoms with Gasteiger partial charge in [-0.3, -0.25) is 4.79 Å². The Balaban J connectivity index is 1.73. The lowest BCUT2D eigenvalue weighted by Crippen LogP contribution is -2.51. The Bertz CT molecular complexity index is 372. The highest BCUT2D eigenvalue weighted by Crippen LogP contribution is 2.28. The van der Waals surface area contributed by atoms with Crippen molar-refractivity contribution < 1.29 is 24.2 Å². The first-order valence-corrected chi connectivity index (χ1v) is 7.56. The lowest BCUT2D eigenvalue weighted by Gasteiger charge is -2.29. The molecule has 21 heavy (non-hydrogen) atoms. The summed E-state index contributed by atoms with van der Waals surface area (Å²) >= 11 is 0. The smallest absolute Gasteiger partial charge is 0.317 e. The molecule has 2 aliphatic rings. The number of hydrogen-bond donors (Lipinski definition) is 2. The molecule has 2 fully saturated rings. The number of amides is 2. The van der Waals surface area contributed by atoms with Gasteiger partial charge in [0.25, 0.3) is 0 Å². The second kappa shape index (κ2) is 7.61. The molecule has 2 amide bonds. The van der Waals surface area contributed by atoms with Crippen molar-refractivity contribution in [3.8, 4) is 0 Å². The van der Waals surface area contributed by atoms with Crippen molar-refractivity contribution in [3.63, 3.8) is 0 Å². The second-order valence-corrected chi connectivity index (χ2v) is 5.59. The number of likely N-dealkylation sites (N-methyl/N-ethyl adjacent to an activating group) is 1. The standard InChI is InChI=1S/C14H24N2O5/c1-2-16(12-9-21-8-11(12)13(17)18)14(19)15-5-6-20-7-10-3-4-10/h10-12H,2-9H2,1H3,(H,15,19)(H,17,18). The van der Waals surface area contributed by atoms with E-state index in [2.05, 4.69) is 5.32 Å². The number of nitrogens with zero attached hydrogens (tertiary/aromatic N) is 1. The highest BCUT2D eigenvalue weighted by Gasteiger charge is 2.39. The minimum absolute atomic E-state index is 0.161. The van der Waals surface area contributed by atoms with Gasteiger partial charge in [-0.2, -0.15) is 0 Å². The van der Waals surface area contributed by atoms with Gasteiger partial charge in [-0.25, -0.2) is 4.79 Å². The number of carbonyl (C=O) groups excluding carboxylic acids is 1.